The van der Waals surface area contributed by atoms with Gasteiger partial charge in [0, 0.05) is 22.7 Å². The number of hydrazine groups is 1. The molecule has 6 nitrogen and oxygen atoms in total. The summed E-state index contributed by atoms with van der Waals surface area (Å²) in [6.07, 6.45) is 6.26. The summed E-state index contributed by atoms with van der Waals surface area (Å²) in [5.41, 5.74) is 6.98. The van der Waals surface area contributed by atoms with Gasteiger partial charge in [0.2, 0.25) is 0 Å². The Balaban J connectivity index is 1.47. The topological polar surface area (TPSA) is 78.5 Å². The van der Waals surface area contributed by atoms with E-state index in [1.165, 1.54) is 6.42 Å². The molecule has 7 heteroatoms. The molecular formula is C24H26ClN3O3. The van der Waals surface area contributed by atoms with Gasteiger partial charge in [-0.05, 0) is 48.2 Å². The molecule has 0 bridgehead atoms. The Kier molecular flexibility index (Phi) is 6.56. The monoisotopic (exact) mass is 439 g/mol. The molecule has 4 rings (SSSR count). The summed E-state index contributed by atoms with van der Waals surface area (Å²) >= 11 is 5.86. The molecule has 0 spiro atoms. The van der Waals surface area contributed by atoms with Crippen molar-refractivity contribution < 1.29 is 14.4 Å². The maximum absolute atomic E-state index is 13.1. The van der Waals surface area contributed by atoms with Crippen molar-refractivity contribution >= 4 is 29.3 Å². The van der Waals surface area contributed by atoms with Gasteiger partial charge < -0.3 is 4.90 Å². The molecule has 2 N–H and O–H groups in total. The summed E-state index contributed by atoms with van der Waals surface area (Å²) in [6.45, 7) is 0.408. The number of benzene rings is 2. The third-order valence-corrected chi connectivity index (χ3v) is 6.47. The smallest absolute Gasteiger partial charge is 0.269 e. The van der Waals surface area contributed by atoms with Crippen LogP contribution in [0.5, 0.6) is 0 Å². The van der Waals surface area contributed by atoms with E-state index in [9.17, 15) is 14.4 Å². The number of fused-ring (bicyclic) bond motifs is 1. The number of rotatable bonds is 5. The van der Waals surface area contributed by atoms with Gasteiger partial charge in [-0.2, -0.15) is 0 Å². The summed E-state index contributed by atoms with van der Waals surface area (Å²) < 4.78 is 0. The third kappa shape index (κ3) is 4.90. The van der Waals surface area contributed by atoms with Gasteiger partial charge in [-0.3, -0.25) is 25.2 Å². The zero-order valence-electron chi connectivity index (χ0n) is 17.3. The van der Waals surface area contributed by atoms with Crippen molar-refractivity contribution in [2.24, 2.45) is 5.92 Å². The first-order valence-corrected chi connectivity index (χ1v) is 11.2. The van der Waals surface area contributed by atoms with Crippen LogP contribution < -0.4 is 10.9 Å². The van der Waals surface area contributed by atoms with Gasteiger partial charge in [0.05, 0.1) is 0 Å². The first kappa shape index (κ1) is 21.4. The Labute approximate surface area is 186 Å². The van der Waals surface area contributed by atoms with Crippen LogP contribution in [-0.2, 0) is 11.3 Å². The molecule has 31 heavy (non-hydrogen) atoms. The summed E-state index contributed by atoms with van der Waals surface area (Å²) in [5, 5.41) is 0.528. The Morgan fingerprint density at radius 3 is 2.42 bits per heavy atom. The number of amides is 3. The second-order valence-corrected chi connectivity index (χ2v) is 8.73. The molecule has 1 fully saturated rings. The predicted molar refractivity (Wildman–Crippen MR) is 118 cm³/mol. The zero-order valence-corrected chi connectivity index (χ0v) is 18.0. The van der Waals surface area contributed by atoms with E-state index in [2.05, 4.69) is 10.9 Å². The Bertz CT molecular complexity index is 970. The lowest BCUT2D eigenvalue weighted by molar-refractivity contribution is -0.127. The molecule has 162 valence electrons. The second kappa shape index (κ2) is 9.52. The van der Waals surface area contributed by atoms with Crippen molar-refractivity contribution in [1.29, 1.82) is 0 Å². The number of halogens is 1. The lowest BCUT2D eigenvalue weighted by Crippen LogP contribution is -2.53. The van der Waals surface area contributed by atoms with Crippen LogP contribution in [0.2, 0.25) is 5.02 Å². The fourth-order valence-electron chi connectivity index (χ4n) is 4.52. The van der Waals surface area contributed by atoms with Crippen LogP contribution in [0.3, 0.4) is 0 Å². The van der Waals surface area contributed by atoms with Crippen LogP contribution in [0.15, 0.2) is 48.5 Å². The lowest BCUT2D eigenvalue weighted by atomic mass is 9.84. The lowest BCUT2D eigenvalue weighted by Gasteiger charge is -2.31. The molecule has 0 saturated heterocycles. The number of hydrogen-bond donors (Lipinski definition) is 2. The van der Waals surface area contributed by atoms with E-state index < -0.39 is 11.9 Å². The largest absolute Gasteiger partial charge is 0.322 e. The fourth-order valence-corrected chi connectivity index (χ4v) is 4.64. The summed E-state index contributed by atoms with van der Waals surface area (Å²) in [5.74, 6) is -0.532. The van der Waals surface area contributed by atoms with Gasteiger partial charge in [-0.15, -0.1) is 0 Å². The zero-order chi connectivity index (χ0) is 21.8. The van der Waals surface area contributed by atoms with Crippen LogP contribution in [0, 0.1) is 5.92 Å². The third-order valence-electron chi connectivity index (χ3n) is 6.22. The molecule has 0 radical (unpaired) electrons. The number of hydrogen-bond acceptors (Lipinski definition) is 3. The van der Waals surface area contributed by atoms with Crippen LogP contribution in [0.1, 0.15) is 64.8 Å². The van der Waals surface area contributed by atoms with Gasteiger partial charge in [-0.1, -0.05) is 61.9 Å². The second-order valence-electron chi connectivity index (χ2n) is 8.30. The Morgan fingerprint density at radius 2 is 1.71 bits per heavy atom. The molecule has 2 aromatic rings. The minimum absolute atomic E-state index is 0.129. The number of carbonyl (C=O) groups excluding carboxylic acids is 3. The van der Waals surface area contributed by atoms with E-state index in [0.29, 0.717) is 35.0 Å². The SMILES string of the molecule is O=C(NNC(=O)C(CC1CCCCC1)N1Cc2ccccc2C1=O)c1ccc(Cl)cc1. The van der Waals surface area contributed by atoms with Crippen LogP contribution in [0.4, 0.5) is 0 Å². The molecule has 1 heterocycles. The predicted octanol–water partition coefficient (Wildman–Crippen LogP) is 4.10. The highest BCUT2D eigenvalue weighted by Crippen LogP contribution is 2.32. The van der Waals surface area contributed by atoms with Crippen molar-refractivity contribution in [3.05, 3.63) is 70.2 Å². The van der Waals surface area contributed by atoms with Gasteiger partial charge >= 0.3 is 0 Å². The van der Waals surface area contributed by atoms with E-state index in [1.807, 2.05) is 18.2 Å². The maximum atomic E-state index is 13.1. The highest BCUT2D eigenvalue weighted by Gasteiger charge is 2.37. The molecule has 1 saturated carbocycles. The van der Waals surface area contributed by atoms with Crippen molar-refractivity contribution in [2.45, 2.75) is 51.1 Å². The highest BCUT2D eigenvalue weighted by atomic mass is 35.5. The number of nitrogens with one attached hydrogen (secondary N) is 2. The highest BCUT2D eigenvalue weighted by molar-refractivity contribution is 6.30. The first-order chi connectivity index (χ1) is 15.0. The standard InChI is InChI=1S/C24H26ClN3O3/c25-19-12-10-17(11-13-19)22(29)26-27-23(30)21(14-16-6-2-1-3-7-16)28-15-18-8-4-5-9-20(18)24(28)31/h4-5,8-13,16,21H,1-3,6-7,14-15H2,(H,26,29)(H,27,30). The number of nitrogens with zero attached hydrogens (tertiary/aromatic N) is 1. The summed E-state index contributed by atoms with van der Waals surface area (Å²) in [7, 11) is 0. The molecule has 1 unspecified atom stereocenters. The van der Waals surface area contributed by atoms with Crippen LogP contribution in [-0.4, -0.2) is 28.7 Å². The normalized spacial score (nSPS) is 17.2. The Hall–Kier alpha value is -2.86. The minimum Gasteiger partial charge on any atom is -0.322 e. The van der Waals surface area contributed by atoms with E-state index in [-0.39, 0.29) is 11.8 Å². The van der Waals surface area contributed by atoms with Crippen molar-refractivity contribution in [3.8, 4) is 0 Å². The number of carbonyl (C=O) groups is 3. The van der Waals surface area contributed by atoms with Crippen LogP contribution in [0.25, 0.3) is 0 Å². The van der Waals surface area contributed by atoms with Crippen molar-refractivity contribution in [3.63, 3.8) is 0 Å². The molecular weight excluding hydrogens is 414 g/mol. The van der Waals surface area contributed by atoms with Gasteiger partial charge in [-0.25, -0.2) is 0 Å². The summed E-state index contributed by atoms with van der Waals surface area (Å²) in [4.78, 5) is 40.2. The Morgan fingerprint density at radius 1 is 1.00 bits per heavy atom. The molecule has 2 aliphatic rings. The minimum atomic E-state index is -0.631. The van der Waals surface area contributed by atoms with E-state index in [4.69, 9.17) is 11.6 Å². The average Bonchev–Trinajstić information content (AvgIpc) is 3.13. The van der Waals surface area contributed by atoms with Crippen molar-refractivity contribution in [2.75, 3.05) is 0 Å². The summed E-state index contributed by atoms with van der Waals surface area (Å²) in [6, 6.07) is 13.2. The molecule has 1 aliphatic carbocycles. The van der Waals surface area contributed by atoms with Gasteiger partial charge in [0.25, 0.3) is 17.7 Å². The van der Waals surface area contributed by atoms with E-state index >= 15 is 0 Å². The van der Waals surface area contributed by atoms with Gasteiger partial charge in [0.15, 0.2) is 0 Å². The fraction of sp³-hybridized carbons (Fsp3) is 0.375. The average molecular weight is 440 g/mol. The van der Waals surface area contributed by atoms with Crippen molar-refractivity contribution in [1.82, 2.24) is 15.8 Å². The molecule has 2 aromatic carbocycles. The van der Waals surface area contributed by atoms with Gasteiger partial charge in [0.1, 0.15) is 6.04 Å². The molecule has 1 aliphatic heterocycles. The molecule has 1 atom stereocenters. The quantitative estimate of drug-likeness (QED) is 0.688. The first-order valence-electron chi connectivity index (χ1n) is 10.8. The maximum Gasteiger partial charge on any atom is 0.269 e. The van der Waals surface area contributed by atoms with E-state index in [0.717, 1.165) is 31.2 Å². The molecule has 0 aromatic heterocycles. The van der Waals surface area contributed by atoms with Crippen LogP contribution >= 0.6 is 11.6 Å². The molecule has 3 amide bonds. The van der Waals surface area contributed by atoms with E-state index in [1.54, 1.807) is 35.2 Å².